The molecular formula is C30H18N4S. The van der Waals surface area contributed by atoms with Crippen LogP contribution in [0.4, 0.5) is 0 Å². The minimum atomic E-state index is 1.15. The van der Waals surface area contributed by atoms with Gasteiger partial charge in [0.1, 0.15) is 0 Å². The first-order chi connectivity index (χ1) is 17.4. The van der Waals surface area contributed by atoms with Crippen molar-refractivity contribution in [2.24, 2.45) is 0 Å². The van der Waals surface area contributed by atoms with Crippen LogP contribution in [0.3, 0.4) is 0 Å². The molecule has 0 aliphatic rings. The zero-order valence-corrected chi connectivity index (χ0v) is 19.4. The van der Waals surface area contributed by atoms with Gasteiger partial charge in [-0.2, -0.15) is 0 Å². The Labute approximate surface area is 204 Å². The summed E-state index contributed by atoms with van der Waals surface area (Å²) in [6.45, 7) is 0. The highest BCUT2D eigenvalue weighted by Crippen LogP contribution is 2.39. The Kier molecular flexibility index (Phi) is 3.78. The largest absolute Gasteiger partial charge is 0.309 e. The minimum absolute atomic E-state index is 1.15. The highest BCUT2D eigenvalue weighted by Gasteiger charge is 2.17. The van der Waals surface area contributed by atoms with Crippen molar-refractivity contribution in [1.82, 2.24) is 19.1 Å². The van der Waals surface area contributed by atoms with Crippen LogP contribution < -0.4 is 0 Å². The van der Waals surface area contributed by atoms with Crippen molar-refractivity contribution in [3.8, 4) is 11.4 Å². The van der Waals surface area contributed by atoms with Gasteiger partial charge in [-0.1, -0.05) is 36.4 Å². The summed E-state index contributed by atoms with van der Waals surface area (Å²) in [5.41, 5.74) is 7.08. The van der Waals surface area contributed by atoms with Crippen LogP contribution in [-0.4, -0.2) is 19.1 Å². The van der Waals surface area contributed by atoms with Gasteiger partial charge in [-0.25, -0.2) is 0 Å². The SMILES string of the molecule is c1ccc2c(c1)c1cnccc1n2-c1ccc2scc(-n3c4ccccc4c4cnccc43)c2c1. The van der Waals surface area contributed by atoms with Crippen LogP contribution in [0.2, 0.25) is 0 Å². The standard InChI is InChI=1S/C30H18N4S/c1-3-7-25-20(5-1)23-16-31-13-11-27(23)33(25)19-9-10-30-22(15-19)29(18-35-30)34-26-8-4-2-6-21(26)24-17-32-14-12-28(24)34/h1-18H. The summed E-state index contributed by atoms with van der Waals surface area (Å²) in [5.74, 6) is 0. The van der Waals surface area contributed by atoms with E-state index in [4.69, 9.17) is 0 Å². The number of rotatable bonds is 2. The second kappa shape index (κ2) is 7.01. The molecule has 0 N–H and O–H groups in total. The fourth-order valence-corrected chi connectivity index (χ4v) is 6.39. The maximum atomic E-state index is 4.41. The van der Waals surface area contributed by atoms with Gasteiger partial charge < -0.3 is 9.13 Å². The number of benzene rings is 3. The van der Waals surface area contributed by atoms with E-state index in [1.165, 1.54) is 59.4 Å². The quantitative estimate of drug-likeness (QED) is 0.260. The number of hydrogen-bond acceptors (Lipinski definition) is 3. The smallest absolute Gasteiger partial charge is 0.0648 e. The molecule has 8 aromatic rings. The van der Waals surface area contributed by atoms with Gasteiger partial charge in [0.25, 0.3) is 0 Å². The number of thiophene rings is 1. The van der Waals surface area contributed by atoms with Gasteiger partial charge in [0.05, 0.1) is 27.8 Å². The second-order valence-corrected chi connectivity index (χ2v) is 9.70. The molecule has 4 nitrogen and oxygen atoms in total. The Balaban J connectivity index is 1.46. The fraction of sp³-hybridized carbons (Fsp3) is 0. The summed E-state index contributed by atoms with van der Waals surface area (Å²) >= 11 is 1.79. The first-order valence-corrected chi connectivity index (χ1v) is 12.4. The van der Waals surface area contributed by atoms with Gasteiger partial charge in [-0.3, -0.25) is 9.97 Å². The molecule has 0 bridgehead atoms. The Morgan fingerprint density at radius 3 is 1.86 bits per heavy atom. The van der Waals surface area contributed by atoms with Crippen LogP contribution in [-0.2, 0) is 0 Å². The predicted octanol–water partition coefficient (Wildman–Crippen LogP) is 7.89. The fourth-order valence-electron chi connectivity index (χ4n) is 5.49. The lowest BCUT2D eigenvalue weighted by atomic mass is 10.2. The van der Waals surface area contributed by atoms with Gasteiger partial charge in [0.15, 0.2) is 0 Å². The van der Waals surface area contributed by atoms with Crippen molar-refractivity contribution in [3.05, 3.63) is 109 Å². The van der Waals surface area contributed by atoms with Crippen LogP contribution in [0.25, 0.3) is 65.1 Å². The van der Waals surface area contributed by atoms with E-state index >= 15 is 0 Å². The van der Waals surface area contributed by atoms with Crippen LogP contribution in [0.1, 0.15) is 0 Å². The average Bonchev–Trinajstić information content (AvgIpc) is 3.58. The summed E-state index contributed by atoms with van der Waals surface area (Å²) in [7, 11) is 0. The van der Waals surface area contributed by atoms with E-state index < -0.39 is 0 Å². The first-order valence-electron chi connectivity index (χ1n) is 11.6. The summed E-state index contributed by atoms with van der Waals surface area (Å²) in [4.78, 5) is 8.80. The molecule has 35 heavy (non-hydrogen) atoms. The van der Waals surface area contributed by atoms with Gasteiger partial charge in [-0.05, 0) is 42.5 Å². The summed E-state index contributed by atoms with van der Waals surface area (Å²) < 4.78 is 6.00. The Morgan fingerprint density at radius 1 is 0.543 bits per heavy atom. The van der Waals surface area contributed by atoms with Crippen molar-refractivity contribution in [2.45, 2.75) is 0 Å². The van der Waals surface area contributed by atoms with E-state index in [0.29, 0.717) is 0 Å². The highest BCUT2D eigenvalue weighted by molar-refractivity contribution is 7.17. The molecule has 0 amide bonds. The molecule has 0 radical (unpaired) electrons. The molecule has 5 aromatic heterocycles. The highest BCUT2D eigenvalue weighted by atomic mass is 32.1. The monoisotopic (exact) mass is 466 g/mol. The lowest BCUT2D eigenvalue weighted by Crippen LogP contribution is -1.95. The van der Waals surface area contributed by atoms with Gasteiger partial charge in [0, 0.05) is 67.5 Å². The first kappa shape index (κ1) is 18.9. The third-order valence-electron chi connectivity index (χ3n) is 6.98. The Hall–Kier alpha value is -4.48. The summed E-state index contributed by atoms with van der Waals surface area (Å²) in [6, 6.07) is 28.2. The minimum Gasteiger partial charge on any atom is -0.309 e. The molecule has 0 atom stereocenters. The van der Waals surface area contributed by atoms with Crippen LogP contribution in [0, 0.1) is 0 Å². The van der Waals surface area contributed by atoms with Gasteiger partial charge in [-0.15, -0.1) is 11.3 Å². The zero-order chi connectivity index (χ0) is 22.9. The van der Waals surface area contributed by atoms with Gasteiger partial charge >= 0.3 is 0 Å². The van der Waals surface area contributed by atoms with Crippen molar-refractivity contribution < 1.29 is 0 Å². The van der Waals surface area contributed by atoms with Crippen LogP contribution in [0.15, 0.2) is 109 Å². The zero-order valence-electron chi connectivity index (χ0n) is 18.6. The third kappa shape index (κ3) is 2.56. The Bertz CT molecular complexity index is 1970. The normalized spacial score (nSPS) is 12.0. The lowest BCUT2D eigenvalue weighted by molar-refractivity contribution is 1.17. The van der Waals surface area contributed by atoms with E-state index in [1.807, 2.05) is 24.8 Å². The van der Waals surface area contributed by atoms with Crippen LogP contribution in [0.5, 0.6) is 0 Å². The predicted molar refractivity (Wildman–Crippen MR) is 146 cm³/mol. The van der Waals surface area contributed by atoms with Crippen molar-refractivity contribution in [2.75, 3.05) is 0 Å². The maximum absolute atomic E-state index is 4.41. The molecule has 0 saturated heterocycles. The molecule has 0 unspecified atom stereocenters. The van der Waals surface area contributed by atoms with Crippen molar-refractivity contribution >= 4 is 65.0 Å². The molecule has 3 aromatic carbocycles. The molecule has 0 aliphatic heterocycles. The molecule has 5 heteroatoms. The van der Waals surface area contributed by atoms with Crippen molar-refractivity contribution in [1.29, 1.82) is 0 Å². The lowest BCUT2D eigenvalue weighted by Gasteiger charge is -2.10. The number of hydrogen-bond donors (Lipinski definition) is 0. The van der Waals surface area contributed by atoms with E-state index in [0.717, 1.165) is 5.69 Å². The van der Waals surface area contributed by atoms with E-state index in [-0.39, 0.29) is 0 Å². The molecule has 0 fully saturated rings. The second-order valence-electron chi connectivity index (χ2n) is 8.79. The number of aromatic nitrogens is 4. The molecule has 0 saturated carbocycles. The topological polar surface area (TPSA) is 35.6 Å². The molecule has 8 rings (SSSR count). The third-order valence-corrected chi connectivity index (χ3v) is 7.93. The molecule has 5 heterocycles. The molecule has 0 spiro atoms. The Morgan fingerprint density at radius 2 is 1.14 bits per heavy atom. The molecule has 0 aliphatic carbocycles. The van der Waals surface area contributed by atoms with E-state index in [2.05, 4.69) is 103 Å². The van der Waals surface area contributed by atoms with Gasteiger partial charge in [0.2, 0.25) is 0 Å². The molecular weight excluding hydrogens is 448 g/mol. The summed E-state index contributed by atoms with van der Waals surface area (Å²) in [6.07, 6.45) is 7.69. The average molecular weight is 467 g/mol. The van der Waals surface area contributed by atoms with E-state index in [1.54, 1.807) is 11.3 Å². The number of nitrogens with zero attached hydrogens (tertiary/aromatic N) is 4. The van der Waals surface area contributed by atoms with E-state index in [9.17, 15) is 0 Å². The number of pyridine rings is 2. The molecule has 164 valence electrons. The van der Waals surface area contributed by atoms with Crippen LogP contribution >= 0.6 is 11.3 Å². The number of para-hydroxylation sites is 2. The maximum Gasteiger partial charge on any atom is 0.0648 e. The van der Waals surface area contributed by atoms with Crippen molar-refractivity contribution in [3.63, 3.8) is 0 Å². The summed E-state index contributed by atoms with van der Waals surface area (Å²) in [5, 5.41) is 8.30. The number of fused-ring (bicyclic) bond motifs is 7.